The third-order valence-electron chi connectivity index (χ3n) is 3.21. The van der Waals surface area contributed by atoms with Crippen LogP contribution in [0.1, 0.15) is 25.6 Å². The molecule has 0 aliphatic carbocycles. The largest absolute Gasteiger partial charge is 0.467 e. The fourth-order valence-corrected chi connectivity index (χ4v) is 2.21. The van der Waals surface area contributed by atoms with Crippen LogP contribution >= 0.6 is 0 Å². The lowest BCUT2D eigenvalue weighted by molar-refractivity contribution is -0.126. The number of hydrogen-bond donors (Lipinski definition) is 2. The fraction of sp³-hybridized carbons (Fsp3) is 0.615. The van der Waals surface area contributed by atoms with Gasteiger partial charge in [-0.05, 0) is 25.6 Å². The summed E-state index contributed by atoms with van der Waals surface area (Å²) in [5.41, 5.74) is 0. The molecule has 2 heterocycles. The first-order valence-corrected chi connectivity index (χ1v) is 6.37. The van der Waals surface area contributed by atoms with Crippen LogP contribution in [0.25, 0.3) is 0 Å². The van der Waals surface area contributed by atoms with Crippen molar-refractivity contribution in [2.45, 2.75) is 25.9 Å². The van der Waals surface area contributed by atoms with Gasteiger partial charge in [0.1, 0.15) is 5.76 Å². The van der Waals surface area contributed by atoms with Gasteiger partial charge in [-0.2, -0.15) is 0 Å². The van der Waals surface area contributed by atoms with Crippen LogP contribution in [-0.4, -0.2) is 31.7 Å². The molecule has 3 atom stereocenters. The minimum atomic E-state index is -0.123. The first-order chi connectivity index (χ1) is 8.72. The molecular formula is C13H20N2O3. The van der Waals surface area contributed by atoms with Crippen LogP contribution in [0.15, 0.2) is 22.8 Å². The maximum Gasteiger partial charge on any atom is 0.227 e. The van der Waals surface area contributed by atoms with Crippen molar-refractivity contribution in [3.63, 3.8) is 0 Å². The summed E-state index contributed by atoms with van der Waals surface area (Å²) in [5.74, 6) is 0.659. The second-order valence-electron chi connectivity index (χ2n) is 4.55. The van der Waals surface area contributed by atoms with E-state index in [1.165, 1.54) is 0 Å². The van der Waals surface area contributed by atoms with Crippen molar-refractivity contribution in [1.82, 2.24) is 10.6 Å². The molecule has 0 spiro atoms. The number of hydrogen-bond acceptors (Lipinski definition) is 4. The van der Waals surface area contributed by atoms with E-state index in [1.54, 1.807) is 6.26 Å². The summed E-state index contributed by atoms with van der Waals surface area (Å²) in [7, 11) is 0. The van der Waals surface area contributed by atoms with Crippen molar-refractivity contribution in [3.05, 3.63) is 24.2 Å². The summed E-state index contributed by atoms with van der Waals surface area (Å²) in [4.78, 5) is 12.2. The van der Waals surface area contributed by atoms with Crippen molar-refractivity contribution in [2.75, 3.05) is 19.8 Å². The van der Waals surface area contributed by atoms with Gasteiger partial charge in [-0.15, -0.1) is 0 Å². The Hall–Kier alpha value is -1.33. The molecular weight excluding hydrogens is 232 g/mol. The van der Waals surface area contributed by atoms with E-state index in [0.717, 1.165) is 12.3 Å². The molecule has 1 aliphatic rings. The summed E-state index contributed by atoms with van der Waals surface area (Å²) < 4.78 is 10.6. The zero-order valence-corrected chi connectivity index (χ0v) is 10.8. The number of carbonyl (C=O) groups is 1. The molecule has 2 rings (SSSR count). The highest BCUT2D eigenvalue weighted by molar-refractivity contribution is 5.80. The molecule has 18 heavy (non-hydrogen) atoms. The zero-order chi connectivity index (χ0) is 13.0. The van der Waals surface area contributed by atoms with Gasteiger partial charge < -0.3 is 19.8 Å². The highest BCUT2D eigenvalue weighted by atomic mass is 16.5. The molecule has 0 aromatic carbocycles. The molecule has 0 bridgehead atoms. The molecule has 2 unspecified atom stereocenters. The van der Waals surface area contributed by atoms with Crippen molar-refractivity contribution < 1.29 is 13.9 Å². The Kier molecular flexibility index (Phi) is 4.38. The second-order valence-corrected chi connectivity index (χ2v) is 4.55. The Morgan fingerprint density at radius 3 is 3.06 bits per heavy atom. The van der Waals surface area contributed by atoms with Gasteiger partial charge in [0.25, 0.3) is 0 Å². The molecule has 1 aromatic rings. The summed E-state index contributed by atoms with van der Waals surface area (Å²) in [6, 6.07) is 3.67. The number of amides is 1. The van der Waals surface area contributed by atoms with Gasteiger partial charge in [0.2, 0.25) is 5.91 Å². The molecule has 0 radical (unpaired) electrons. The first-order valence-electron chi connectivity index (χ1n) is 6.37. The molecule has 1 aromatic heterocycles. The van der Waals surface area contributed by atoms with E-state index in [2.05, 4.69) is 10.6 Å². The van der Waals surface area contributed by atoms with E-state index in [1.807, 2.05) is 26.0 Å². The average Bonchev–Trinajstić information content (AvgIpc) is 3.00. The van der Waals surface area contributed by atoms with Gasteiger partial charge in [-0.3, -0.25) is 4.79 Å². The van der Waals surface area contributed by atoms with Crippen LogP contribution in [0.3, 0.4) is 0 Å². The first kappa shape index (κ1) is 13.1. The Bertz CT molecular complexity index is 378. The maximum atomic E-state index is 12.2. The average molecular weight is 252 g/mol. The van der Waals surface area contributed by atoms with Crippen molar-refractivity contribution in [1.29, 1.82) is 0 Å². The monoisotopic (exact) mass is 252 g/mol. The maximum absolute atomic E-state index is 12.2. The van der Waals surface area contributed by atoms with Crippen LogP contribution in [-0.2, 0) is 9.53 Å². The second kappa shape index (κ2) is 6.02. The van der Waals surface area contributed by atoms with E-state index in [4.69, 9.17) is 9.15 Å². The highest BCUT2D eigenvalue weighted by Crippen LogP contribution is 2.17. The predicted octanol–water partition coefficient (Wildman–Crippen LogP) is 1.08. The number of likely N-dealkylation sites (N-methyl/N-ethyl adjacent to an activating group) is 1. The number of carbonyl (C=O) groups excluding carboxylic acids is 1. The van der Waals surface area contributed by atoms with Crippen molar-refractivity contribution >= 4 is 5.91 Å². The lowest BCUT2D eigenvalue weighted by Gasteiger charge is -2.20. The molecule has 1 fully saturated rings. The molecule has 5 heteroatoms. The third kappa shape index (κ3) is 2.91. The van der Waals surface area contributed by atoms with Gasteiger partial charge in [-0.1, -0.05) is 6.92 Å². The minimum Gasteiger partial charge on any atom is -0.467 e. The SMILES string of the molecule is CCNC1COCC1C(=O)N[C@@H](C)c1ccco1. The molecule has 100 valence electrons. The summed E-state index contributed by atoms with van der Waals surface area (Å²) in [5, 5.41) is 6.23. The third-order valence-corrected chi connectivity index (χ3v) is 3.21. The Morgan fingerprint density at radius 2 is 2.39 bits per heavy atom. The van der Waals surface area contributed by atoms with E-state index in [-0.39, 0.29) is 23.9 Å². The number of ether oxygens (including phenoxy) is 1. The van der Waals surface area contributed by atoms with Gasteiger partial charge >= 0.3 is 0 Å². The van der Waals surface area contributed by atoms with E-state index in [0.29, 0.717) is 13.2 Å². The van der Waals surface area contributed by atoms with Gasteiger partial charge in [0.05, 0.1) is 31.4 Å². The van der Waals surface area contributed by atoms with Crippen LogP contribution in [0, 0.1) is 5.92 Å². The predicted molar refractivity (Wildman–Crippen MR) is 67.0 cm³/mol. The normalized spacial score (nSPS) is 25.0. The number of furan rings is 1. The van der Waals surface area contributed by atoms with Crippen LogP contribution in [0.4, 0.5) is 0 Å². The van der Waals surface area contributed by atoms with E-state index in [9.17, 15) is 4.79 Å². The standard InChI is InChI=1S/C13H20N2O3/c1-3-14-11-8-17-7-10(11)13(16)15-9(2)12-5-4-6-18-12/h4-6,9-11,14H,3,7-8H2,1-2H3,(H,15,16)/t9-,10?,11?/m0/s1. The van der Waals surface area contributed by atoms with Crippen LogP contribution in [0.2, 0.25) is 0 Å². The molecule has 2 N–H and O–H groups in total. The molecule has 1 saturated heterocycles. The highest BCUT2D eigenvalue weighted by Gasteiger charge is 2.34. The van der Waals surface area contributed by atoms with Crippen molar-refractivity contribution in [3.8, 4) is 0 Å². The van der Waals surface area contributed by atoms with Crippen LogP contribution in [0.5, 0.6) is 0 Å². The minimum absolute atomic E-state index is 0.0161. The molecule has 0 saturated carbocycles. The Morgan fingerprint density at radius 1 is 1.56 bits per heavy atom. The summed E-state index contributed by atoms with van der Waals surface area (Å²) in [6.45, 7) is 5.86. The summed E-state index contributed by atoms with van der Waals surface area (Å²) >= 11 is 0. The molecule has 1 amide bonds. The van der Waals surface area contributed by atoms with Crippen molar-refractivity contribution in [2.24, 2.45) is 5.92 Å². The smallest absolute Gasteiger partial charge is 0.227 e. The number of nitrogens with one attached hydrogen (secondary N) is 2. The Balaban J connectivity index is 1.91. The van der Waals surface area contributed by atoms with Gasteiger partial charge in [-0.25, -0.2) is 0 Å². The fourth-order valence-electron chi connectivity index (χ4n) is 2.21. The summed E-state index contributed by atoms with van der Waals surface area (Å²) in [6.07, 6.45) is 1.61. The topological polar surface area (TPSA) is 63.5 Å². The van der Waals surface area contributed by atoms with Gasteiger partial charge in [0.15, 0.2) is 0 Å². The number of rotatable bonds is 5. The molecule has 1 aliphatic heterocycles. The Labute approximate surface area is 107 Å². The quantitative estimate of drug-likeness (QED) is 0.823. The van der Waals surface area contributed by atoms with E-state index < -0.39 is 0 Å². The lowest BCUT2D eigenvalue weighted by atomic mass is 10.0. The van der Waals surface area contributed by atoms with Crippen LogP contribution < -0.4 is 10.6 Å². The molecule has 5 nitrogen and oxygen atoms in total. The zero-order valence-electron chi connectivity index (χ0n) is 10.8. The van der Waals surface area contributed by atoms with E-state index >= 15 is 0 Å². The lowest BCUT2D eigenvalue weighted by Crippen LogP contribution is -2.44. The van der Waals surface area contributed by atoms with Gasteiger partial charge in [0, 0.05) is 6.04 Å².